The summed E-state index contributed by atoms with van der Waals surface area (Å²) in [5.74, 6) is -0.517. The van der Waals surface area contributed by atoms with Crippen molar-refractivity contribution >= 4 is 57.0 Å². The van der Waals surface area contributed by atoms with Gasteiger partial charge in [0.05, 0.1) is 22.2 Å². The number of carbonyl (C=O) groups excluding carboxylic acids is 3. The average molecular weight is 531 g/mol. The molecule has 0 radical (unpaired) electrons. The molecule has 186 valence electrons. The van der Waals surface area contributed by atoms with Crippen molar-refractivity contribution in [2.75, 3.05) is 24.7 Å². The lowest BCUT2D eigenvalue weighted by Crippen LogP contribution is -2.55. The van der Waals surface area contributed by atoms with Crippen LogP contribution in [0.4, 0.5) is 5.69 Å². The summed E-state index contributed by atoms with van der Waals surface area (Å²) in [7, 11) is -1.39. The Morgan fingerprint density at radius 3 is 2.47 bits per heavy atom. The van der Waals surface area contributed by atoms with Crippen LogP contribution in [0.15, 0.2) is 34.2 Å². The van der Waals surface area contributed by atoms with E-state index in [-0.39, 0.29) is 39.7 Å². The van der Waals surface area contributed by atoms with Crippen LogP contribution in [-0.2, 0) is 41.3 Å². The average Bonchev–Trinajstić information content (AvgIpc) is 2.80. The summed E-state index contributed by atoms with van der Waals surface area (Å²) in [5.41, 5.74) is 0.288. The van der Waals surface area contributed by atoms with E-state index in [1.54, 1.807) is 6.92 Å². The van der Waals surface area contributed by atoms with E-state index in [1.807, 2.05) is 6.92 Å². The number of nitrogens with zero attached hydrogens (tertiary/aromatic N) is 2. The first-order valence-corrected chi connectivity index (χ1v) is 13.6. The smallest absolute Gasteiger partial charge is 0.357 e. The molecule has 1 fully saturated rings. The van der Waals surface area contributed by atoms with Gasteiger partial charge in [-0.15, -0.1) is 11.8 Å². The first-order chi connectivity index (χ1) is 16.2. The number of nitro benzene ring substituents is 1. The topological polar surface area (TPSA) is 133 Å². The molecule has 1 aromatic carbocycles. The van der Waals surface area contributed by atoms with Gasteiger partial charge in [-0.3, -0.25) is 28.8 Å². The van der Waals surface area contributed by atoms with Gasteiger partial charge in [-0.2, -0.15) is 0 Å². The molecular formula is C21H26N2O8S3. The summed E-state index contributed by atoms with van der Waals surface area (Å²) in [6, 6.07) is 5.50. The number of carbonyl (C=O) groups is 3. The van der Waals surface area contributed by atoms with E-state index in [2.05, 4.69) is 0 Å². The van der Waals surface area contributed by atoms with Crippen molar-refractivity contribution in [3.8, 4) is 0 Å². The molecule has 2 unspecified atom stereocenters. The van der Waals surface area contributed by atoms with E-state index in [9.17, 15) is 28.7 Å². The number of β-lactam (4-membered cyclic amide) rings is 1. The first-order valence-electron chi connectivity index (χ1n) is 10.4. The Hall–Kier alpha value is -2.22. The monoisotopic (exact) mass is 530 g/mol. The largest absolute Gasteiger partial charge is 0.456 e. The van der Waals surface area contributed by atoms with Crippen molar-refractivity contribution in [3.05, 3.63) is 49.9 Å². The van der Waals surface area contributed by atoms with E-state index < -0.39 is 27.1 Å². The number of likely N-dealkylation sites (tertiary alicyclic amines) is 1. The standard InChI is InChI=1S/C21H26N2O8S3/c1-4-30-10-11-32-21(33-14(3)24)19(22-17(25)12-18(22)34(29)5-2)20(26)31-13-15-6-8-16(9-7-15)23(27)28/h6-9,18H,4-5,10-13H2,1-3H3/b21-19+. The summed E-state index contributed by atoms with van der Waals surface area (Å²) >= 11 is 1.98. The highest BCUT2D eigenvalue weighted by Gasteiger charge is 2.46. The molecule has 1 amide bonds. The number of esters is 1. The summed E-state index contributed by atoms with van der Waals surface area (Å²) in [6.45, 7) is 5.57. The minimum absolute atomic E-state index is 0.0290. The fraction of sp³-hybridized carbons (Fsp3) is 0.476. The number of amides is 1. The quantitative estimate of drug-likeness (QED) is 0.0935. The third kappa shape index (κ3) is 7.65. The van der Waals surface area contributed by atoms with Crippen LogP contribution in [0.3, 0.4) is 0 Å². The van der Waals surface area contributed by atoms with Gasteiger partial charge in [0, 0.05) is 48.0 Å². The zero-order chi connectivity index (χ0) is 25.3. The lowest BCUT2D eigenvalue weighted by molar-refractivity contribution is -0.384. The Balaban J connectivity index is 2.34. The number of thioether (sulfide) groups is 2. The summed E-state index contributed by atoms with van der Waals surface area (Å²) in [6.07, 6.45) is 0.0290. The van der Waals surface area contributed by atoms with Gasteiger partial charge in [-0.05, 0) is 36.4 Å². The summed E-state index contributed by atoms with van der Waals surface area (Å²) in [4.78, 5) is 49.1. The molecule has 1 heterocycles. The number of non-ortho nitro benzene ring substituents is 1. The Bertz CT molecular complexity index is 981. The van der Waals surface area contributed by atoms with Gasteiger partial charge in [0.25, 0.3) is 5.69 Å². The van der Waals surface area contributed by atoms with Crippen LogP contribution in [0.5, 0.6) is 0 Å². The highest BCUT2D eigenvalue weighted by atomic mass is 32.2. The van der Waals surface area contributed by atoms with Crippen LogP contribution in [0.1, 0.15) is 32.8 Å². The van der Waals surface area contributed by atoms with E-state index >= 15 is 0 Å². The SMILES string of the molecule is CCOCCS/C(SC(C)=O)=C(/C(=O)OCc1ccc([N+](=O)[O-])cc1)N1C(=O)CC1S(=O)CC. The van der Waals surface area contributed by atoms with E-state index in [1.165, 1.54) is 43.0 Å². The number of hydrogen-bond donors (Lipinski definition) is 0. The molecule has 34 heavy (non-hydrogen) atoms. The zero-order valence-electron chi connectivity index (χ0n) is 19.0. The van der Waals surface area contributed by atoms with Gasteiger partial charge in [0.15, 0.2) is 10.8 Å². The third-order valence-corrected chi connectivity index (χ3v) is 8.19. The van der Waals surface area contributed by atoms with Crippen LogP contribution in [-0.4, -0.2) is 61.1 Å². The van der Waals surface area contributed by atoms with Crippen molar-refractivity contribution in [2.24, 2.45) is 0 Å². The number of benzene rings is 1. The molecule has 0 aliphatic carbocycles. The van der Waals surface area contributed by atoms with Crippen molar-refractivity contribution in [1.29, 1.82) is 0 Å². The number of ether oxygens (including phenoxy) is 2. The molecule has 1 aromatic rings. The molecule has 0 saturated carbocycles. The van der Waals surface area contributed by atoms with Gasteiger partial charge in [0.1, 0.15) is 12.0 Å². The second kappa shape index (κ2) is 13.6. The molecule has 0 spiro atoms. The Morgan fingerprint density at radius 1 is 1.26 bits per heavy atom. The minimum Gasteiger partial charge on any atom is -0.456 e. The van der Waals surface area contributed by atoms with Crippen molar-refractivity contribution in [3.63, 3.8) is 0 Å². The van der Waals surface area contributed by atoms with Crippen LogP contribution in [0.25, 0.3) is 0 Å². The molecule has 0 bridgehead atoms. The normalized spacial score (nSPS) is 17.0. The minimum atomic E-state index is -1.39. The molecule has 1 saturated heterocycles. The third-order valence-electron chi connectivity index (χ3n) is 4.54. The molecular weight excluding hydrogens is 504 g/mol. The Kier molecular flexibility index (Phi) is 11.2. The highest BCUT2D eigenvalue weighted by Crippen LogP contribution is 2.39. The van der Waals surface area contributed by atoms with E-state index in [4.69, 9.17) is 9.47 Å². The first kappa shape index (κ1) is 28.0. The molecule has 0 N–H and O–H groups in total. The lowest BCUT2D eigenvalue weighted by atomic mass is 10.2. The Morgan fingerprint density at radius 2 is 1.94 bits per heavy atom. The van der Waals surface area contributed by atoms with Crippen molar-refractivity contribution < 1.29 is 33.0 Å². The summed E-state index contributed by atoms with van der Waals surface area (Å²) in [5, 5.41) is 9.85. The zero-order valence-corrected chi connectivity index (χ0v) is 21.5. The number of rotatable bonds is 13. The molecule has 13 heteroatoms. The lowest BCUT2D eigenvalue weighted by Gasteiger charge is -2.40. The second-order valence-corrected chi connectivity index (χ2v) is 11.3. The van der Waals surface area contributed by atoms with Gasteiger partial charge >= 0.3 is 5.97 Å². The molecule has 0 aromatic heterocycles. The van der Waals surface area contributed by atoms with E-state index in [0.29, 0.717) is 30.3 Å². The summed E-state index contributed by atoms with van der Waals surface area (Å²) < 4.78 is 23.5. The fourth-order valence-corrected chi connectivity index (χ4v) is 6.14. The molecule has 2 rings (SSSR count). The van der Waals surface area contributed by atoms with Gasteiger partial charge < -0.3 is 9.47 Å². The molecule has 10 nitrogen and oxygen atoms in total. The maximum Gasteiger partial charge on any atom is 0.357 e. The maximum atomic E-state index is 13.2. The molecule has 1 aliphatic rings. The van der Waals surface area contributed by atoms with Crippen LogP contribution in [0.2, 0.25) is 0 Å². The van der Waals surface area contributed by atoms with E-state index in [0.717, 1.165) is 16.7 Å². The van der Waals surface area contributed by atoms with Gasteiger partial charge in [0.2, 0.25) is 5.91 Å². The van der Waals surface area contributed by atoms with Crippen LogP contribution >= 0.6 is 23.5 Å². The predicted octanol–water partition coefficient (Wildman–Crippen LogP) is 3.18. The molecule has 2 atom stereocenters. The van der Waals surface area contributed by atoms with Gasteiger partial charge in [-0.25, -0.2) is 4.79 Å². The van der Waals surface area contributed by atoms with Crippen molar-refractivity contribution in [2.45, 2.75) is 39.2 Å². The van der Waals surface area contributed by atoms with Crippen LogP contribution < -0.4 is 0 Å². The van der Waals surface area contributed by atoms with Gasteiger partial charge in [-0.1, -0.05) is 6.92 Å². The highest BCUT2D eigenvalue weighted by molar-refractivity contribution is 8.29. The molecule has 1 aliphatic heterocycles. The Labute approximate surface area is 208 Å². The van der Waals surface area contributed by atoms with Crippen LogP contribution in [0, 0.1) is 10.1 Å². The second-order valence-electron chi connectivity index (χ2n) is 6.87. The maximum absolute atomic E-state index is 13.2. The fourth-order valence-electron chi connectivity index (χ4n) is 2.88. The predicted molar refractivity (Wildman–Crippen MR) is 131 cm³/mol. The van der Waals surface area contributed by atoms with Crippen molar-refractivity contribution in [1.82, 2.24) is 4.90 Å². The number of hydrogen-bond acceptors (Lipinski definition) is 10. The number of nitro groups is 1.